The number of fused-ring (bicyclic) bond motifs is 4. The van der Waals surface area contributed by atoms with Crippen LogP contribution in [0.5, 0.6) is 0 Å². The predicted molar refractivity (Wildman–Crippen MR) is 296 cm³/mol. The standard InChI is InChI=1S/C69H53N/c1-68(2,3)54-43-45-66(61(47-54)49-26-10-5-11-27-49)70(65-41-21-18-36-59(65)60-38-23-29-50-28-22-37-56(67(50)60)48-24-8-4-9-25-48)64-40-20-17-34-55(64)51-42-44-58-57-35-16-19-39-62(57)69(63(58)46-51,52-30-12-6-13-31-52)53-32-14-7-15-33-53/h4-47H,1-3H3. The molecule has 0 heterocycles. The SMILES string of the molecule is CC(C)(C)c1ccc(N(c2ccccc2-c2ccc3c(c2)C(c2ccccc2)(c2ccccc2)c2ccccc2-3)c2ccccc2-c2cccc3cccc(-c4ccccc4)c23)c(-c2ccccc2)c1. The Morgan fingerprint density at radius 1 is 0.300 bits per heavy atom. The Balaban J connectivity index is 1.15. The fourth-order valence-electron chi connectivity index (χ4n) is 11.3. The van der Waals surface area contributed by atoms with Gasteiger partial charge in [0.1, 0.15) is 0 Å². The van der Waals surface area contributed by atoms with Crippen molar-refractivity contribution in [2.24, 2.45) is 0 Å². The van der Waals surface area contributed by atoms with Crippen LogP contribution in [0.25, 0.3) is 66.4 Å². The third-order valence-electron chi connectivity index (χ3n) is 14.5. The molecule has 0 fully saturated rings. The van der Waals surface area contributed by atoms with Gasteiger partial charge in [0.05, 0.1) is 22.5 Å². The van der Waals surface area contributed by atoms with Crippen LogP contribution in [-0.4, -0.2) is 0 Å². The molecule has 12 rings (SSSR count). The Morgan fingerprint density at radius 3 is 1.40 bits per heavy atom. The van der Waals surface area contributed by atoms with Crippen LogP contribution in [0.4, 0.5) is 17.1 Å². The van der Waals surface area contributed by atoms with Gasteiger partial charge in [-0.2, -0.15) is 0 Å². The molecule has 0 saturated carbocycles. The van der Waals surface area contributed by atoms with Crippen molar-refractivity contribution < 1.29 is 0 Å². The molecule has 0 bridgehead atoms. The molecular weight excluding hydrogens is 843 g/mol. The molecule has 0 unspecified atom stereocenters. The fraction of sp³-hybridized carbons (Fsp3) is 0.0725. The molecule has 0 atom stereocenters. The van der Waals surface area contributed by atoms with Gasteiger partial charge in [0, 0.05) is 16.7 Å². The molecule has 0 spiro atoms. The maximum Gasteiger partial charge on any atom is 0.0713 e. The molecule has 0 radical (unpaired) electrons. The first-order valence-corrected chi connectivity index (χ1v) is 24.5. The number of anilines is 3. The molecule has 11 aromatic rings. The van der Waals surface area contributed by atoms with E-state index in [2.05, 4.69) is 293 Å². The van der Waals surface area contributed by atoms with Gasteiger partial charge in [-0.05, 0) is 113 Å². The first-order chi connectivity index (χ1) is 34.4. The van der Waals surface area contributed by atoms with Gasteiger partial charge in [-0.1, -0.05) is 257 Å². The van der Waals surface area contributed by atoms with E-state index in [1.54, 1.807) is 0 Å². The highest BCUT2D eigenvalue weighted by Gasteiger charge is 2.46. The second-order valence-electron chi connectivity index (χ2n) is 19.6. The average Bonchev–Trinajstić information content (AvgIpc) is 3.72. The van der Waals surface area contributed by atoms with E-state index in [1.807, 2.05) is 0 Å². The molecule has 1 aliphatic rings. The average molecular weight is 896 g/mol. The number of hydrogen-bond acceptors (Lipinski definition) is 1. The summed E-state index contributed by atoms with van der Waals surface area (Å²) < 4.78 is 0. The van der Waals surface area contributed by atoms with E-state index in [-0.39, 0.29) is 5.41 Å². The van der Waals surface area contributed by atoms with Crippen LogP contribution in [0.1, 0.15) is 48.6 Å². The summed E-state index contributed by atoms with van der Waals surface area (Å²) in [5, 5.41) is 2.44. The Morgan fingerprint density at radius 2 is 0.771 bits per heavy atom. The number of rotatable bonds is 9. The van der Waals surface area contributed by atoms with Crippen molar-refractivity contribution >= 4 is 27.8 Å². The van der Waals surface area contributed by atoms with E-state index in [1.165, 1.54) is 77.5 Å². The van der Waals surface area contributed by atoms with Crippen LogP contribution in [0.2, 0.25) is 0 Å². The van der Waals surface area contributed by atoms with Gasteiger partial charge in [-0.25, -0.2) is 0 Å². The van der Waals surface area contributed by atoms with E-state index < -0.39 is 5.41 Å². The molecule has 0 amide bonds. The minimum Gasteiger partial charge on any atom is -0.309 e. The first kappa shape index (κ1) is 42.8. The normalized spacial score (nSPS) is 12.6. The maximum absolute atomic E-state index is 2.55. The van der Waals surface area contributed by atoms with Crippen LogP contribution in [0.3, 0.4) is 0 Å². The monoisotopic (exact) mass is 895 g/mol. The van der Waals surface area contributed by atoms with E-state index in [4.69, 9.17) is 0 Å². The largest absolute Gasteiger partial charge is 0.309 e. The van der Waals surface area contributed by atoms with Crippen molar-refractivity contribution in [1.82, 2.24) is 0 Å². The van der Waals surface area contributed by atoms with Crippen LogP contribution in [0.15, 0.2) is 267 Å². The first-order valence-electron chi connectivity index (χ1n) is 24.5. The zero-order valence-corrected chi connectivity index (χ0v) is 39.9. The van der Waals surface area contributed by atoms with Crippen LogP contribution < -0.4 is 4.90 Å². The second kappa shape index (κ2) is 17.5. The maximum atomic E-state index is 2.55. The Kier molecular flexibility index (Phi) is 10.7. The number of benzene rings is 11. The van der Waals surface area contributed by atoms with Crippen molar-refractivity contribution in [3.63, 3.8) is 0 Å². The van der Waals surface area contributed by atoms with Gasteiger partial charge in [-0.15, -0.1) is 0 Å². The molecule has 11 aromatic carbocycles. The lowest BCUT2D eigenvalue weighted by atomic mass is 9.67. The van der Waals surface area contributed by atoms with E-state index in [0.29, 0.717) is 0 Å². The molecule has 1 aliphatic carbocycles. The molecule has 334 valence electrons. The molecule has 1 heteroatoms. The summed E-state index contributed by atoms with van der Waals surface area (Å²) in [6.45, 7) is 6.92. The highest BCUT2D eigenvalue weighted by molar-refractivity contribution is 6.09. The van der Waals surface area contributed by atoms with Gasteiger partial charge < -0.3 is 4.90 Å². The minimum absolute atomic E-state index is 0.0640. The van der Waals surface area contributed by atoms with Crippen molar-refractivity contribution in [3.8, 4) is 55.6 Å². The highest BCUT2D eigenvalue weighted by atomic mass is 15.1. The zero-order valence-electron chi connectivity index (χ0n) is 39.9. The van der Waals surface area contributed by atoms with Crippen LogP contribution in [-0.2, 0) is 10.8 Å². The minimum atomic E-state index is -0.528. The number of nitrogens with zero attached hydrogens (tertiary/aromatic N) is 1. The van der Waals surface area contributed by atoms with Gasteiger partial charge in [0.25, 0.3) is 0 Å². The van der Waals surface area contributed by atoms with Gasteiger partial charge in [0.15, 0.2) is 0 Å². The summed E-state index contributed by atoms with van der Waals surface area (Å²) in [6.07, 6.45) is 0. The molecule has 1 nitrogen and oxygen atoms in total. The summed E-state index contributed by atoms with van der Waals surface area (Å²) >= 11 is 0. The van der Waals surface area contributed by atoms with Gasteiger partial charge in [-0.3, -0.25) is 0 Å². The third kappa shape index (κ3) is 7.17. The second-order valence-corrected chi connectivity index (χ2v) is 19.6. The Bertz CT molecular complexity index is 3630. The molecule has 70 heavy (non-hydrogen) atoms. The quantitative estimate of drug-likeness (QED) is 0.140. The van der Waals surface area contributed by atoms with Crippen LogP contribution >= 0.6 is 0 Å². The Hall–Kier alpha value is -8.52. The predicted octanol–water partition coefficient (Wildman–Crippen LogP) is 18.6. The lowest BCUT2D eigenvalue weighted by Crippen LogP contribution is -2.28. The molecule has 0 aliphatic heterocycles. The summed E-state index contributed by atoms with van der Waals surface area (Å²) in [5.41, 5.74) is 21.1. The lowest BCUT2D eigenvalue weighted by molar-refractivity contribution is 0.590. The fourth-order valence-corrected chi connectivity index (χ4v) is 11.3. The zero-order chi connectivity index (χ0) is 47.2. The lowest BCUT2D eigenvalue weighted by Gasteiger charge is -2.34. The summed E-state index contributed by atoms with van der Waals surface area (Å²) in [7, 11) is 0. The van der Waals surface area contributed by atoms with E-state index in [9.17, 15) is 0 Å². The van der Waals surface area contributed by atoms with Crippen molar-refractivity contribution in [2.75, 3.05) is 4.90 Å². The van der Waals surface area contributed by atoms with Crippen molar-refractivity contribution in [3.05, 3.63) is 295 Å². The molecular formula is C69H53N. The topological polar surface area (TPSA) is 3.24 Å². The van der Waals surface area contributed by atoms with E-state index >= 15 is 0 Å². The summed E-state index contributed by atoms with van der Waals surface area (Å²) in [6, 6.07) is 98.9. The van der Waals surface area contributed by atoms with Gasteiger partial charge >= 0.3 is 0 Å². The van der Waals surface area contributed by atoms with Gasteiger partial charge in [0.2, 0.25) is 0 Å². The molecule has 0 N–H and O–H groups in total. The Labute approximate surface area is 412 Å². The van der Waals surface area contributed by atoms with Crippen molar-refractivity contribution in [1.29, 1.82) is 0 Å². The third-order valence-corrected chi connectivity index (χ3v) is 14.5. The number of hydrogen-bond donors (Lipinski definition) is 0. The van der Waals surface area contributed by atoms with E-state index in [0.717, 1.165) is 33.8 Å². The van der Waals surface area contributed by atoms with Crippen molar-refractivity contribution in [2.45, 2.75) is 31.6 Å². The molecule has 0 aromatic heterocycles. The smallest absolute Gasteiger partial charge is 0.0713 e. The van der Waals surface area contributed by atoms with Crippen LogP contribution in [0, 0.1) is 0 Å². The summed E-state index contributed by atoms with van der Waals surface area (Å²) in [4.78, 5) is 2.55. The summed E-state index contributed by atoms with van der Waals surface area (Å²) in [5.74, 6) is 0. The molecule has 0 saturated heterocycles. The number of para-hydroxylation sites is 2. The highest BCUT2D eigenvalue weighted by Crippen LogP contribution is 2.58.